The third kappa shape index (κ3) is 4.02. The Balaban J connectivity index is 1.34. The number of hydrogen-bond acceptors (Lipinski definition) is 6. The molecule has 31 heavy (non-hydrogen) atoms. The average molecular weight is 418 g/mol. The first kappa shape index (κ1) is 19.7. The zero-order valence-electron chi connectivity index (χ0n) is 17.9. The second kappa shape index (κ2) is 8.45. The Morgan fingerprint density at radius 2 is 1.81 bits per heavy atom. The van der Waals surface area contributed by atoms with Crippen LogP contribution in [0.3, 0.4) is 0 Å². The number of fused-ring (bicyclic) bond motifs is 1. The van der Waals surface area contributed by atoms with E-state index in [1.165, 1.54) is 28.9 Å². The minimum absolute atomic E-state index is 0.0178. The first-order valence-corrected chi connectivity index (χ1v) is 11.1. The van der Waals surface area contributed by atoms with Crippen molar-refractivity contribution in [2.24, 2.45) is 0 Å². The van der Waals surface area contributed by atoms with Crippen molar-refractivity contribution in [2.75, 3.05) is 31.1 Å². The molecule has 1 aliphatic carbocycles. The van der Waals surface area contributed by atoms with Crippen LogP contribution in [-0.4, -0.2) is 61.9 Å². The van der Waals surface area contributed by atoms with Gasteiger partial charge in [0.1, 0.15) is 0 Å². The molecule has 0 N–H and O–H groups in total. The molecule has 8 nitrogen and oxygen atoms in total. The molecule has 1 amide bonds. The van der Waals surface area contributed by atoms with Gasteiger partial charge in [-0.3, -0.25) is 4.79 Å². The molecule has 1 aliphatic heterocycles. The number of amides is 1. The van der Waals surface area contributed by atoms with Gasteiger partial charge in [0.15, 0.2) is 0 Å². The molecule has 0 saturated carbocycles. The maximum Gasteiger partial charge on any atom is 0.256 e. The molecule has 1 saturated heterocycles. The molecule has 2 aliphatic rings. The van der Waals surface area contributed by atoms with E-state index < -0.39 is 0 Å². The highest BCUT2D eigenvalue weighted by atomic mass is 16.2. The molecule has 1 fully saturated rings. The number of aromatic nitrogens is 5. The molecule has 5 rings (SSSR count). The first-order valence-electron chi connectivity index (χ1n) is 11.1. The van der Waals surface area contributed by atoms with Gasteiger partial charge < -0.3 is 9.80 Å². The van der Waals surface area contributed by atoms with Crippen LogP contribution in [0, 0.1) is 6.92 Å². The van der Waals surface area contributed by atoms with Crippen molar-refractivity contribution < 1.29 is 4.79 Å². The van der Waals surface area contributed by atoms with E-state index >= 15 is 0 Å². The molecular weight excluding hydrogens is 390 g/mol. The van der Waals surface area contributed by atoms with Crippen LogP contribution in [-0.2, 0) is 12.8 Å². The number of anilines is 1. The number of aryl methyl sites for hydroxylation is 3. The van der Waals surface area contributed by atoms with Gasteiger partial charge in [0.2, 0.25) is 5.95 Å². The van der Waals surface area contributed by atoms with Crippen LogP contribution in [0.2, 0.25) is 0 Å². The molecule has 1 aromatic carbocycles. The summed E-state index contributed by atoms with van der Waals surface area (Å²) in [5.41, 5.74) is 4.87. The Kier molecular flexibility index (Phi) is 5.36. The molecule has 0 atom stereocenters. The van der Waals surface area contributed by atoms with E-state index in [-0.39, 0.29) is 5.91 Å². The summed E-state index contributed by atoms with van der Waals surface area (Å²) < 4.78 is 0. The zero-order valence-corrected chi connectivity index (χ0v) is 17.9. The Morgan fingerprint density at radius 1 is 0.968 bits per heavy atom. The normalized spacial score (nSPS) is 16.7. The van der Waals surface area contributed by atoms with Crippen molar-refractivity contribution >= 4 is 11.9 Å². The molecule has 0 bridgehead atoms. The molecule has 0 radical (unpaired) electrons. The second-order valence-electron chi connectivity index (χ2n) is 8.32. The third-order valence-electron chi connectivity index (χ3n) is 6.13. The lowest BCUT2D eigenvalue weighted by Crippen LogP contribution is -2.36. The van der Waals surface area contributed by atoms with E-state index in [1.807, 2.05) is 36.2 Å². The van der Waals surface area contributed by atoms with Crippen LogP contribution >= 0.6 is 0 Å². The first-order chi connectivity index (χ1) is 15.2. The summed E-state index contributed by atoms with van der Waals surface area (Å²) in [6, 6.07) is 5.82. The van der Waals surface area contributed by atoms with E-state index in [9.17, 15) is 4.79 Å². The summed E-state index contributed by atoms with van der Waals surface area (Å²) in [5.74, 6) is 0.816. The summed E-state index contributed by atoms with van der Waals surface area (Å²) in [5, 5.41) is 8.44. The van der Waals surface area contributed by atoms with Gasteiger partial charge in [-0.1, -0.05) is 11.6 Å². The molecular formula is C23H27N7O. The molecule has 8 heteroatoms. The van der Waals surface area contributed by atoms with Crippen molar-refractivity contribution in [3.8, 4) is 5.69 Å². The summed E-state index contributed by atoms with van der Waals surface area (Å²) in [4.78, 5) is 28.6. The van der Waals surface area contributed by atoms with Gasteiger partial charge in [-0.25, -0.2) is 9.97 Å². The highest BCUT2D eigenvalue weighted by Crippen LogP contribution is 2.22. The smallest absolute Gasteiger partial charge is 0.256 e. The molecule has 3 heterocycles. The predicted octanol–water partition coefficient (Wildman–Crippen LogP) is 2.60. The largest absolute Gasteiger partial charge is 0.339 e. The molecule has 160 valence electrons. The van der Waals surface area contributed by atoms with Crippen LogP contribution in [0.15, 0.2) is 36.8 Å². The van der Waals surface area contributed by atoms with E-state index in [0.29, 0.717) is 24.3 Å². The van der Waals surface area contributed by atoms with Gasteiger partial charge in [-0.15, -0.1) is 0 Å². The minimum Gasteiger partial charge on any atom is -0.339 e. The third-order valence-corrected chi connectivity index (χ3v) is 6.13. The fourth-order valence-corrected chi connectivity index (χ4v) is 4.44. The number of rotatable bonds is 3. The van der Waals surface area contributed by atoms with Crippen molar-refractivity contribution in [1.82, 2.24) is 29.9 Å². The second-order valence-corrected chi connectivity index (χ2v) is 8.32. The van der Waals surface area contributed by atoms with E-state index in [4.69, 9.17) is 4.98 Å². The molecule has 0 spiro atoms. The number of nitrogens with zero attached hydrogens (tertiary/aromatic N) is 7. The van der Waals surface area contributed by atoms with E-state index in [2.05, 4.69) is 20.1 Å². The highest BCUT2D eigenvalue weighted by molar-refractivity contribution is 5.98. The number of carbonyl (C=O) groups is 1. The maximum atomic E-state index is 13.5. The molecule has 2 aromatic heterocycles. The van der Waals surface area contributed by atoms with Crippen LogP contribution in [0.4, 0.5) is 5.95 Å². The van der Waals surface area contributed by atoms with Crippen LogP contribution in [0.1, 0.15) is 46.4 Å². The van der Waals surface area contributed by atoms with Crippen molar-refractivity contribution in [3.63, 3.8) is 0 Å². The summed E-state index contributed by atoms with van der Waals surface area (Å²) >= 11 is 0. The molecule has 0 unspecified atom stereocenters. The fourth-order valence-electron chi connectivity index (χ4n) is 4.44. The van der Waals surface area contributed by atoms with Crippen molar-refractivity contribution in [1.29, 1.82) is 0 Å². The number of carbonyl (C=O) groups excluding carboxylic acids is 1. The lowest BCUT2D eigenvalue weighted by atomic mass is 9.98. The van der Waals surface area contributed by atoms with Gasteiger partial charge in [0.25, 0.3) is 5.91 Å². The zero-order chi connectivity index (χ0) is 21.2. The molecule has 3 aromatic rings. The van der Waals surface area contributed by atoms with Crippen molar-refractivity contribution in [3.05, 3.63) is 59.2 Å². The Morgan fingerprint density at radius 3 is 2.68 bits per heavy atom. The summed E-state index contributed by atoms with van der Waals surface area (Å²) in [6.07, 6.45) is 10.7. The topological polar surface area (TPSA) is 80.0 Å². The van der Waals surface area contributed by atoms with Crippen LogP contribution < -0.4 is 4.90 Å². The highest BCUT2D eigenvalue weighted by Gasteiger charge is 2.25. The fraction of sp³-hybridized carbons (Fsp3) is 0.435. The lowest BCUT2D eigenvalue weighted by molar-refractivity contribution is 0.0766. The van der Waals surface area contributed by atoms with E-state index in [0.717, 1.165) is 43.9 Å². The lowest BCUT2D eigenvalue weighted by Gasteiger charge is -2.24. The van der Waals surface area contributed by atoms with Crippen molar-refractivity contribution in [2.45, 2.75) is 39.0 Å². The minimum atomic E-state index is 0.0178. The Labute approximate surface area is 181 Å². The number of hydrogen-bond donors (Lipinski definition) is 0. The predicted molar refractivity (Wildman–Crippen MR) is 118 cm³/mol. The van der Waals surface area contributed by atoms with Gasteiger partial charge in [-0.2, -0.15) is 15.0 Å². The average Bonchev–Trinajstić information content (AvgIpc) is 3.22. The summed E-state index contributed by atoms with van der Waals surface area (Å²) in [6.45, 7) is 4.92. The van der Waals surface area contributed by atoms with Crippen LogP contribution in [0.25, 0.3) is 5.69 Å². The van der Waals surface area contributed by atoms with Gasteiger partial charge in [-0.05, 0) is 56.7 Å². The standard InChI is InChI=1S/C23H27N7O/c1-17-7-8-21(30-25-9-10-26-30)19(15-17)22(31)28-11-4-12-29(14-13-28)23-24-16-18-5-2-3-6-20(18)27-23/h7-10,15-16H,2-6,11-14H2,1H3. The van der Waals surface area contributed by atoms with Gasteiger partial charge >= 0.3 is 0 Å². The SMILES string of the molecule is Cc1ccc(-n2nccn2)c(C(=O)N2CCCN(c3ncc4c(n3)CCCC4)CC2)c1. The monoisotopic (exact) mass is 417 g/mol. The van der Waals surface area contributed by atoms with E-state index in [1.54, 1.807) is 12.4 Å². The Bertz CT molecular complexity index is 1080. The quantitative estimate of drug-likeness (QED) is 0.652. The number of benzene rings is 1. The van der Waals surface area contributed by atoms with Gasteiger partial charge in [0, 0.05) is 38.1 Å². The van der Waals surface area contributed by atoms with Gasteiger partial charge in [0.05, 0.1) is 23.6 Å². The van der Waals surface area contributed by atoms with Crippen LogP contribution in [0.5, 0.6) is 0 Å². The summed E-state index contributed by atoms with van der Waals surface area (Å²) in [7, 11) is 0. The Hall–Kier alpha value is -3.29. The maximum absolute atomic E-state index is 13.5.